The van der Waals surface area contributed by atoms with Gasteiger partial charge in [0.15, 0.2) is 0 Å². The molecule has 1 saturated heterocycles. The summed E-state index contributed by atoms with van der Waals surface area (Å²) in [5.74, 6) is 6.18. The highest BCUT2D eigenvalue weighted by Crippen LogP contribution is 2.13. The molecule has 1 aromatic heterocycles. The van der Waals surface area contributed by atoms with Gasteiger partial charge in [-0.2, -0.15) is 0 Å². The number of amides is 4. The molecule has 0 aliphatic carbocycles. The number of aromatic nitrogens is 1. The summed E-state index contributed by atoms with van der Waals surface area (Å²) in [6, 6.07) is 20.4. The Bertz CT molecular complexity index is 1890. The van der Waals surface area contributed by atoms with Crippen molar-refractivity contribution in [3.05, 3.63) is 95.3 Å². The molecule has 0 saturated carbocycles. The number of hydrogen-bond acceptors (Lipinski definition) is 9. The van der Waals surface area contributed by atoms with Crippen LogP contribution in [0.4, 0.5) is 5.69 Å². The van der Waals surface area contributed by atoms with Crippen LogP contribution in [0, 0.1) is 11.8 Å². The fourth-order valence-electron chi connectivity index (χ4n) is 6.64. The van der Waals surface area contributed by atoms with Crippen LogP contribution >= 0.6 is 0 Å². The molecule has 0 bridgehead atoms. The van der Waals surface area contributed by atoms with Crippen LogP contribution in [0.2, 0.25) is 0 Å². The minimum Gasteiger partial charge on any atom is -0.350 e. The number of pyridine rings is 1. The molecule has 4 amide bonds. The van der Waals surface area contributed by atoms with Gasteiger partial charge >= 0.3 is 0 Å². The van der Waals surface area contributed by atoms with Crippen LogP contribution in [0.1, 0.15) is 89.5 Å². The molecule has 0 unspecified atom stereocenters. The van der Waals surface area contributed by atoms with Gasteiger partial charge in [0, 0.05) is 104 Å². The smallest absolute Gasteiger partial charge is 0.255 e. The van der Waals surface area contributed by atoms with E-state index in [2.05, 4.69) is 52.7 Å². The Hall–Kier alpha value is -5.13. The van der Waals surface area contributed by atoms with Crippen LogP contribution in [-0.4, -0.2) is 137 Å². The molecule has 3 aromatic rings. The van der Waals surface area contributed by atoms with E-state index in [1.54, 1.807) is 18.3 Å². The SMILES string of the molecule is CC(C)(C)NC(=O)CN1CCN(CC(=O)NC(C)(C)C)CCN(Cc2cc(C#Cc3ccc(NC(=O)c4ccccc4)cc3)ccn2)CCN(CC(=O)NC(C)(C)C)CC1. The Balaban J connectivity index is 1.52. The van der Waals surface area contributed by atoms with E-state index in [0.717, 1.165) is 16.8 Å². The number of anilines is 1. The zero-order valence-electron chi connectivity index (χ0n) is 37.3. The molecular weight excluding hydrogens is 755 g/mol. The fourth-order valence-corrected chi connectivity index (χ4v) is 6.64. The summed E-state index contributed by atoms with van der Waals surface area (Å²) in [4.78, 5) is 65.6. The van der Waals surface area contributed by atoms with E-state index in [-0.39, 0.29) is 59.9 Å². The van der Waals surface area contributed by atoms with Crippen molar-refractivity contribution in [1.82, 2.24) is 40.5 Å². The third-order valence-corrected chi connectivity index (χ3v) is 9.31. The van der Waals surface area contributed by atoms with Crippen molar-refractivity contribution in [2.45, 2.75) is 85.5 Å². The zero-order valence-corrected chi connectivity index (χ0v) is 37.3. The topological polar surface area (TPSA) is 142 Å². The first-order chi connectivity index (χ1) is 28.2. The molecular formula is C47H67N9O4. The van der Waals surface area contributed by atoms with Crippen LogP contribution < -0.4 is 21.3 Å². The van der Waals surface area contributed by atoms with E-state index in [1.807, 2.05) is 117 Å². The summed E-state index contributed by atoms with van der Waals surface area (Å²) in [6.45, 7) is 23.8. The minimum atomic E-state index is -0.362. The third-order valence-electron chi connectivity index (χ3n) is 9.31. The van der Waals surface area contributed by atoms with Crippen LogP contribution in [0.3, 0.4) is 0 Å². The third kappa shape index (κ3) is 18.8. The standard InChI is InChI=1S/C47H67N9O4/c1-45(2,3)50-41(57)33-54-25-23-53(24-26-55(34-42(58)51-46(4,5)6)28-30-56(29-27-54)35-43(59)52-47(7,8)9)32-40-31-37(21-22-48-40)16-15-36-17-19-39(20-18-36)49-44(60)38-13-11-10-12-14-38/h10-14,17-22,31H,23-30,32-35H2,1-9H3,(H,49,60)(H,50,57)(H,51,58)(H,52,59). The number of nitrogens with zero attached hydrogens (tertiary/aromatic N) is 5. The molecule has 2 heterocycles. The van der Waals surface area contributed by atoms with Gasteiger partial charge in [-0.25, -0.2) is 0 Å². The van der Waals surface area contributed by atoms with Gasteiger partial charge in [-0.05, 0) is 111 Å². The van der Waals surface area contributed by atoms with Gasteiger partial charge in [0.25, 0.3) is 5.91 Å². The molecule has 0 spiro atoms. The van der Waals surface area contributed by atoms with Crippen molar-refractivity contribution in [2.75, 3.05) is 77.3 Å². The molecule has 4 N–H and O–H groups in total. The molecule has 13 nitrogen and oxygen atoms in total. The van der Waals surface area contributed by atoms with E-state index in [1.165, 1.54) is 0 Å². The Morgan fingerprint density at radius 2 is 0.967 bits per heavy atom. The maximum Gasteiger partial charge on any atom is 0.255 e. The van der Waals surface area contributed by atoms with Crippen molar-refractivity contribution in [2.24, 2.45) is 0 Å². The van der Waals surface area contributed by atoms with Gasteiger partial charge in [-0.1, -0.05) is 30.0 Å². The highest BCUT2D eigenvalue weighted by atomic mass is 16.2. The van der Waals surface area contributed by atoms with Gasteiger partial charge in [0.2, 0.25) is 17.7 Å². The van der Waals surface area contributed by atoms with Crippen LogP contribution in [0.5, 0.6) is 0 Å². The monoisotopic (exact) mass is 822 g/mol. The molecule has 1 aliphatic heterocycles. The lowest BCUT2D eigenvalue weighted by Crippen LogP contribution is -2.53. The predicted octanol–water partition coefficient (Wildman–Crippen LogP) is 4.20. The second kappa shape index (κ2) is 21.9. The number of carbonyl (C=O) groups excluding carboxylic acids is 4. The van der Waals surface area contributed by atoms with Gasteiger partial charge in [-0.15, -0.1) is 0 Å². The van der Waals surface area contributed by atoms with Crippen molar-refractivity contribution in [3.8, 4) is 11.8 Å². The van der Waals surface area contributed by atoms with E-state index < -0.39 is 0 Å². The molecule has 2 aromatic carbocycles. The second-order valence-electron chi connectivity index (χ2n) is 18.7. The molecule has 4 rings (SSSR count). The van der Waals surface area contributed by atoms with Crippen LogP contribution in [0.25, 0.3) is 0 Å². The van der Waals surface area contributed by atoms with Crippen LogP contribution in [-0.2, 0) is 20.9 Å². The van der Waals surface area contributed by atoms with Crippen LogP contribution in [0.15, 0.2) is 72.9 Å². The summed E-state index contributed by atoms with van der Waals surface area (Å²) < 4.78 is 0. The normalized spacial score (nSPS) is 15.7. The second-order valence-corrected chi connectivity index (χ2v) is 18.7. The Kier molecular flexibility index (Phi) is 17.4. The lowest BCUT2D eigenvalue weighted by molar-refractivity contribution is -0.125. The van der Waals surface area contributed by atoms with Crippen molar-refractivity contribution < 1.29 is 19.2 Å². The van der Waals surface area contributed by atoms with Crippen molar-refractivity contribution in [1.29, 1.82) is 0 Å². The maximum absolute atomic E-state index is 13.2. The predicted molar refractivity (Wildman–Crippen MR) is 239 cm³/mol. The van der Waals surface area contributed by atoms with E-state index in [0.29, 0.717) is 70.2 Å². The van der Waals surface area contributed by atoms with Gasteiger partial charge in [-0.3, -0.25) is 43.8 Å². The first-order valence-electron chi connectivity index (χ1n) is 20.9. The number of rotatable bonds is 10. The number of hydrogen-bond donors (Lipinski definition) is 4. The molecule has 1 aliphatic rings. The Morgan fingerprint density at radius 1 is 0.550 bits per heavy atom. The highest BCUT2D eigenvalue weighted by molar-refractivity contribution is 6.04. The highest BCUT2D eigenvalue weighted by Gasteiger charge is 2.24. The number of carbonyl (C=O) groups is 4. The zero-order chi connectivity index (χ0) is 43.9. The Morgan fingerprint density at radius 3 is 1.40 bits per heavy atom. The summed E-state index contributed by atoms with van der Waals surface area (Å²) >= 11 is 0. The summed E-state index contributed by atoms with van der Waals surface area (Å²) in [5, 5.41) is 12.2. The molecule has 324 valence electrons. The first kappa shape index (κ1) is 47.5. The Labute approximate surface area is 358 Å². The summed E-state index contributed by atoms with van der Waals surface area (Å²) in [7, 11) is 0. The summed E-state index contributed by atoms with van der Waals surface area (Å²) in [5.41, 5.74) is 2.69. The number of nitrogens with one attached hydrogen (secondary N) is 4. The van der Waals surface area contributed by atoms with E-state index >= 15 is 0 Å². The average Bonchev–Trinajstić information content (AvgIpc) is 3.13. The first-order valence-corrected chi connectivity index (χ1v) is 20.9. The minimum absolute atomic E-state index is 0.0475. The molecule has 1 fully saturated rings. The molecule has 0 radical (unpaired) electrons. The average molecular weight is 822 g/mol. The van der Waals surface area contributed by atoms with Gasteiger partial charge < -0.3 is 21.3 Å². The fraction of sp³-hybridized carbons (Fsp3) is 0.511. The molecule has 0 atom stereocenters. The van der Waals surface area contributed by atoms with E-state index in [9.17, 15) is 19.2 Å². The van der Waals surface area contributed by atoms with Crippen molar-refractivity contribution in [3.63, 3.8) is 0 Å². The molecule has 13 heteroatoms. The summed E-state index contributed by atoms with van der Waals surface area (Å²) in [6.07, 6.45) is 1.77. The van der Waals surface area contributed by atoms with E-state index in [4.69, 9.17) is 4.98 Å². The lowest BCUT2D eigenvalue weighted by atomic mass is 10.1. The van der Waals surface area contributed by atoms with Crippen molar-refractivity contribution >= 4 is 29.3 Å². The quantitative estimate of drug-likeness (QED) is 0.222. The molecule has 60 heavy (non-hydrogen) atoms. The lowest BCUT2D eigenvalue weighted by Gasteiger charge is -2.34. The number of benzene rings is 2. The largest absolute Gasteiger partial charge is 0.350 e. The maximum atomic E-state index is 13.2. The van der Waals surface area contributed by atoms with Gasteiger partial charge in [0.05, 0.1) is 25.3 Å². The van der Waals surface area contributed by atoms with Gasteiger partial charge in [0.1, 0.15) is 0 Å².